The van der Waals surface area contributed by atoms with Crippen molar-refractivity contribution in [2.75, 3.05) is 0 Å². The zero-order valence-corrected chi connectivity index (χ0v) is 3.46. The molecule has 1 amide bonds. The second-order valence-corrected chi connectivity index (χ2v) is 0.984. The molecule has 0 aromatic rings. The lowest BCUT2D eigenvalue weighted by molar-refractivity contribution is -0.113. The van der Waals surface area contributed by atoms with Crippen molar-refractivity contribution in [2.24, 2.45) is 4.99 Å². The zero-order chi connectivity index (χ0) is 5.11. The van der Waals surface area contributed by atoms with Gasteiger partial charge in [-0.2, -0.15) is 0 Å². The molecule has 0 saturated heterocycles. The van der Waals surface area contributed by atoms with Crippen LogP contribution >= 0.6 is 0 Å². The first kappa shape index (κ1) is 4.05. The number of hydrogen-bond donors (Lipinski definition) is 0. The third-order valence-electron chi connectivity index (χ3n) is 0.499. The summed E-state index contributed by atoms with van der Waals surface area (Å²) < 4.78 is 0. The van der Waals surface area contributed by atoms with Crippen LogP contribution in [-0.4, -0.2) is 12.1 Å². The summed E-state index contributed by atoms with van der Waals surface area (Å²) in [5, 5.41) is 3.31. The Labute approximate surface area is 40.7 Å². The van der Waals surface area contributed by atoms with Crippen LogP contribution in [-0.2, 0) is 4.79 Å². The monoisotopic (exact) mass is 94.0 g/mol. The highest BCUT2D eigenvalue weighted by atomic mass is 16.1. The fourth-order valence-electron chi connectivity index (χ4n) is 0.252. The SMILES string of the molecule is O=C1C=N[C]=C[N]1. The molecule has 1 aliphatic heterocycles. The van der Waals surface area contributed by atoms with Crippen molar-refractivity contribution in [1.29, 1.82) is 0 Å². The van der Waals surface area contributed by atoms with E-state index < -0.39 is 0 Å². The van der Waals surface area contributed by atoms with Gasteiger partial charge in [-0.05, 0) is 0 Å². The molecule has 0 aromatic carbocycles. The molecule has 1 aliphatic rings. The molecule has 0 bridgehead atoms. The van der Waals surface area contributed by atoms with Gasteiger partial charge in [0.05, 0.1) is 12.4 Å². The Bertz CT molecular complexity index is 137. The number of carbonyl (C=O) groups is 1. The van der Waals surface area contributed by atoms with Gasteiger partial charge in [0, 0.05) is 0 Å². The highest BCUT2D eigenvalue weighted by Gasteiger charge is 1.94. The molecule has 1 rings (SSSR count). The summed E-state index contributed by atoms with van der Waals surface area (Å²) in [6.45, 7) is 0. The van der Waals surface area contributed by atoms with Gasteiger partial charge in [0.2, 0.25) is 0 Å². The van der Waals surface area contributed by atoms with Gasteiger partial charge >= 0.3 is 0 Å². The fourth-order valence-corrected chi connectivity index (χ4v) is 0.252. The van der Waals surface area contributed by atoms with Crippen LogP contribution in [0.2, 0.25) is 0 Å². The van der Waals surface area contributed by atoms with Crippen molar-refractivity contribution in [3.63, 3.8) is 0 Å². The van der Waals surface area contributed by atoms with E-state index in [0.717, 1.165) is 6.21 Å². The maximum absolute atomic E-state index is 10.1. The van der Waals surface area contributed by atoms with E-state index in [1.54, 1.807) is 0 Å². The van der Waals surface area contributed by atoms with Gasteiger partial charge in [0.1, 0.15) is 6.20 Å². The van der Waals surface area contributed by atoms with Gasteiger partial charge in [-0.15, -0.1) is 0 Å². The van der Waals surface area contributed by atoms with E-state index in [9.17, 15) is 4.79 Å². The summed E-state index contributed by atoms with van der Waals surface area (Å²) in [7, 11) is 0. The highest BCUT2D eigenvalue weighted by molar-refractivity contribution is 6.26. The van der Waals surface area contributed by atoms with E-state index in [-0.39, 0.29) is 5.91 Å². The predicted molar refractivity (Wildman–Crippen MR) is 23.4 cm³/mol. The summed E-state index contributed by atoms with van der Waals surface area (Å²) >= 11 is 0. The maximum atomic E-state index is 10.1. The molecule has 1 heterocycles. The van der Waals surface area contributed by atoms with Crippen LogP contribution in [0.4, 0.5) is 0 Å². The normalized spacial score (nSPS) is 16.9. The van der Waals surface area contributed by atoms with Crippen LogP contribution < -0.4 is 5.32 Å². The first-order valence-corrected chi connectivity index (χ1v) is 1.75. The Morgan fingerprint density at radius 1 is 1.71 bits per heavy atom. The standard InChI is InChI=1S/C4H2N2O/c7-4-3-5-1-2-6-4/h2-3H. The Balaban J connectivity index is 2.66. The van der Waals surface area contributed by atoms with Gasteiger partial charge in [-0.1, -0.05) is 0 Å². The lowest BCUT2D eigenvalue weighted by Gasteiger charge is -1.88. The molecule has 3 heteroatoms. The number of carbonyl (C=O) groups excluding carboxylic acids is 1. The summed E-state index contributed by atoms with van der Waals surface area (Å²) in [5.41, 5.74) is 0. The molecule has 7 heavy (non-hydrogen) atoms. The molecule has 0 saturated carbocycles. The van der Waals surface area contributed by atoms with Crippen LogP contribution in [0.25, 0.3) is 0 Å². The van der Waals surface area contributed by atoms with E-state index in [4.69, 9.17) is 0 Å². The van der Waals surface area contributed by atoms with E-state index in [1.165, 1.54) is 6.20 Å². The Hall–Kier alpha value is -1.12. The average Bonchev–Trinajstić information content (AvgIpc) is 1.69. The van der Waals surface area contributed by atoms with Gasteiger partial charge in [0.25, 0.3) is 5.91 Å². The van der Waals surface area contributed by atoms with E-state index in [1.807, 2.05) is 0 Å². The van der Waals surface area contributed by atoms with Gasteiger partial charge in [0.15, 0.2) is 0 Å². The molecule has 0 N–H and O–H groups in total. The summed E-state index contributed by atoms with van der Waals surface area (Å²) in [4.78, 5) is 13.5. The minimum Gasteiger partial charge on any atom is -0.266 e. The van der Waals surface area contributed by atoms with Gasteiger partial charge < -0.3 is 0 Å². The number of nitrogens with zero attached hydrogens (tertiary/aromatic N) is 2. The molecule has 0 aromatic heterocycles. The molecule has 0 atom stereocenters. The topological polar surface area (TPSA) is 43.5 Å². The Morgan fingerprint density at radius 3 is 2.86 bits per heavy atom. The minimum atomic E-state index is -0.321. The molecule has 2 radical (unpaired) electrons. The number of rotatable bonds is 0. The maximum Gasteiger partial charge on any atom is 0.288 e. The number of aliphatic imine (C=N–C) groups is 1. The summed E-state index contributed by atoms with van der Waals surface area (Å²) in [5.74, 6) is -0.321. The van der Waals surface area contributed by atoms with Gasteiger partial charge in [-0.25, -0.2) is 10.3 Å². The first-order valence-electron chi connectivity index (χ1n) is 1.75. The molecular weight excluding hydrogens is 92.1 g/mol. The largest absolute Gasteiger partial charge is 0.288 e. The number of amides is 1. The van der Waals surface area contributed by atoms with Crippen molar-refractivity contribution < 1.29 is 4.79 Å². The van der Waals surface area contributed by atoms with Crippen molar-refractivity contribution in [3.05, 3.63) is 12.4 Å². The Morgan fingerprint density at radius 2 is 2.57 bits per heavy atom. The third-order valence-corrected chi connectivity index (χ3v) is 0.499. The van der Waals surface area contributed by atoms with Crippen molar-refractivity contribution in [3.8, 4) is 0 Å². The Kier molecular flexibility index (Phi) is 0.898. The van der Waals surface area contributed by atoms with Crippen molar-refractivity contribution in [1.82, 2.24) is 5.32 Å². The van der Waals surface area contributed by atoms with Crippen LogP contribution in [0, 0.1) is 6.20 Å². The summed E-state index contributed by atoms with van der Waals surface area (Å²) in [6.07, 6.45) is 4.72. The van der Waals surface area contributed by atoms with E-state index in [2.05, 4.69) is 16.5 Å². The lowest BCUT2D eigenvalue weighted by Crippen LogP contribution is -2.12. The molecular formula is C4H2N2O. The van der Waals surface area contributed by atoms with E-state index >= 15 is 0 Å². The van der Waals surface area contributed by atoms with Crippen LogP contribution in [0.5, 0.6) is 0 Å². The predicted octanol–water partition coefficient (Wildman–Crippen LogP) is -0.524. The summed E-state index contributed by atoms with van der Waals surface area (Å²) in [6, 6.07) is 0. The average molecular weight is 94.1 g/mol. The first-order chi connectivity index (χ1) is 3.39. The molecule has 0 aliphatic carbocycles. The highest BCUT2D eigenvalue weighted by Crippen LogP contribution is 1.76. The van der Waals surface area contributed by atoms with Crippen LogP contribution in [0.1, 0.15) is 0 Å². The molecule has 0 unspecified atom stereocenters. The molecule has 0 fully saturated rings. The second-order valence-electron chi connectivity index (χ2n) is 0.984. The lowest BCUT2D eigenvalue weighted by atomic mass is 10.6. The smallest absolute Gasteiger partial charge is 0.266 e. The molecule has 34 valence electrons. The zero-order valence-electron chi connectivity index (χ0n) is 3.46. The van der Waals surface area contributed by atoms with Gasteiger partial charge in [-0.3, -0.25) is 4.79 Å². The number of hydrogen-bond acceptors (Lipinski definition) is 2. The second kappa shape index (κ2) is 1.55. The van der Waals surface area contributed by atoms with Crippen molar-refractivity contribution in [2.45, 2.75) is 0 Å². The van der Waals surface area contributed by atoms with Crippen LogP contribution in [0.15, 0.2) is 11.2 Å². The molecule has 3 nitrogen and oxygen atoms in total. The third kappa shape index (κ3) is 0.855. The molecule has 0 spiro atoms. The van der Waals surface area contributed by atoms with Crippen molar-refractivity contribution >= 4 is 12.1 Å². The minimum absolute atomic E-state index is 0.321. The van der Waals surface area contributed by atoms with Crippen LogP contribution in [0.3, 0.4) is 0 Å². The fraction of sp³-hybridized carbons (Fsp3) is 0. The van der Waals surface area contributed by atoms with E-state index in [0.29, 0.717) is 0 Å². The quantitative estimate of drug-likeness (QED) is 0.398.